The first-order chi connectivity index (χ1) is 18.3. The van der Waals surface area contributed by atoms with E-state index >= 15 is 0 Å². The standard InChI is InChI=1S/C32H36N2O4.2HI/c1-32-15-14-26-25-11-9-24(37-30(35)22-6-4-16-33(2)19-22)18-21(25)8-10-27(26)28(32)12-13-29(32)38-31(36)23-7-5-17-34(3)20-23;;/h4-7,9,11,16-20,26-29H,8,10,12-15H2,1-3H3;2*1H/q+2;;/p-2/t26?,27?,28?,29-,32-;;/m0../s1. The average molecular weight is 766 g/mol. The van der Waals surface area contributed by atoms with Crippen molar-refractivity contribution in [2.24, 2.45) is 31.3 Å². The van der Waals surface area contributed by atoms with Gasteiger partial charge in [0.25, 0.3) is 0 Å². The highest BCUT2D eigenvalue weighted by atomic mass is 127. The van der Waals surface area contributed by atoms with E-state index < -0.39 is 0 Å². The molecule has 6 nitrogen and oxygen atoms in total. The highest BCUT2D eigenvalue weighted by Crippen LogP contribution is 2.61. The van der Waals surface area contributed by atoms with Gasteiger partial charge in [0.15, 0.2) is 24.8 Å². The lowest BCUT2D eigenvalue weighted by Crippen LogP contribution is -3.00. The molecule has 2 aromatic heterocycles. The van der Waals surface area contributed by atoms with Crippen molar-refractivity contribution >= 4 is 11.9 Å². The minimum Gasteiger partial charge on any atom is -1.00 e. The number of aryl methyl sites for hydroxylation is 3. The van der Waals surface area contributed by atoms with Crippen LogP contribution >= 0.6 is 0 Å². The van der Waals surface area contributed by atoms with Crippen molar-refractivity contribution in [3.8, 4) is 5.75 Å². The number of nitrogens with zero attached hydrogens (tertiary/aromatic N) is 2. The van der Waals surface area contributed by atoms with Crippen LogP contribution in [0.3, 0.4) is 0 Å². The zero-order valence-corrected chi connectivity index (χ0v) is 27.5. The first-order valence-electron chi connectivity index (χ1n) is 13.8. The third kappa shape index (κ3) is 5.80. The van der Waals surface area contributed by atoms with Crippen molar-refractivity contribution < 1.29 is 76.2 Å². The van der Waals surface area contributed by atoms with E-state index in [4.69, 9.17) is 9.47 Å². The third-order valence-corrected chi connectivity index (χ3v) is 9.42. The molecule has 0 amide bonds. The van der Waals surface area contributed by atoms with Crippen LogP contribution in [-0.2, 0) is 25.3 Å². The summed E-state index contributed by atoms with van der Waals surface area (Å²) in [6.45, 7) is 2.35. The fourth-order valence-corrected chi connectivity index (χ4v) is 7.55. The van der Waals surface area contributed by atoms with E-state index in [-0.39, 0.29) is 71.4 Å². The van der Waals surface area contributed by atoms with E-state index in [2.05, 4.69) is 19.1 Å². The maximum absolute atomic E-state index is 13.0. The third-order valence-electron chi connectivity index (χ3n) is 9.42. The largest absolute Gasteiger partial charge is 1.00 e. The number of halogens is 2. The summed E-state index contributed by atoms with van der Waals surface area (Å²) in [6, 6.07) is 13.5. The molecule has 0 bridgehead atoms. The van der Waals surface area contributed by atoms with Crippen LogP contribution in [-0.4, -0.2) is 18.0 Å². The van der Waals surface area contributed by atoms with Gasteiger partial charge in [-0.1, -0.05) is 13.0 Å². The number of ether oxygens (including phenoxy) is 2. The Morgan fingerprint density at radius 3 is 2.23 bits per heavy atom. The van der Waals surface area contributed by atoms with Crippen molar-refractivity contribution in [3.05, 3.63) is 89.5 Å². The normalized spacial score (nSPS) is 26.2. The summed E-state index contributed by atoms with van der Waals surface area (Å²) in [6.07, 6.45) is 13.7. The van der Waals surface area contributed by atoms with Crippen LogP contribution in [0.2, 0.25) is 0 Å². The first-order valence-corrected chi connectivity index (χ1v) is 13.8. The molecule has 3 aliphatic rings. The van der Waals surface area contributed by atoms with Crippen LogP contribution in [0.4, 0.5) is 0 Å². The fourth-order valence-electron chi connectivity index (χ4n) is 7.55. The molecular formula is C32H36I2N2O4. The Balaban J connectivity index is 0.00000185. The van der Waals surface area contributed by atoms with Gasteiger partial charge >= 0.3 is 11.9 Å². The lowest BCUT2D eigenvalue weighted by Gasteiger charge is -2.50. The summed E-state index contributed by atoms with van der Waals surface area (Å²) < 4.78 is 15.6. The molecule has 0 spiro atoms. The van der Waals surface area contributed by atoms with Crippen molar-refractivity contribution in [2.45, 2.75) is 57.5 Å². The molecule has 6 rings (SSSR count). The number of esters is 2. The molecule has 212 valence electrons. The van der Waals surface area contributed by atoms with E-state index in [0.29, 0.717) is 34.6 Å². The van der Waals surface area contributed by atoms with Crippen molar-refractivity contribution in [1.82, 2.24) is 0 Å². The molecule has 3 aliphatic carbocycles. The van der Waals surface area contributed by atoms with E-state index in [0.717, 1.165) is 38.5 Å². The van der Waals surface area contributed by atoms with Crippen molar-refractivity contribution in [1.29, 1.82) is 0 Å². The highest BCUT2D eigenvalue weighted by molar-refractivity contribution is 5.90. The van der Waals surface area contributed by atoms with Crippen molar-refractivity contribution in [3.63, 3.8) is 0 Å². The van der Waals surface area contributed by atoms with Gasteiger partial charge in [-0.05, 0) is 91.7 Å². The number of aromatic nitrogens is 2. The maximum atomic E-state index is 13.0. The van der Waals surface area contributed by atoms with Crippen LogP contribution in [0.25, 0.3) is 0 Å². The Morgan fingerprint density at radius 2 is 1.55 bits per heavy atom. The molecule has 0 radical (unpaired) electrons. The van der Waals surface area contributed by atoms with Crippen LogP contribution < -0.4 is 61.8 Å². The maximum Gasteiger partial charge on any atom is 0.349 e. The zero-order valence-electron chi connectivity index (χ0n) is 23.2. The fraction of sp³-hybridized carbons (Fsp3) is 0.438. The number of pyridine rings is 2. The van der Waals surface area contributed by atoms with Gasteiger partial charge in [0.05, 0.1) is 0 Å². The molecule has 2 fully saturated rings. The molecule has 3 aromatic rings. The van der Waals surface area contributed by atoms with Crippen LogP contribution in [0.15, 0.2) is 67.3 Å². The van der Waals surface area contributed by atoms with Crippen molar-refractivity contribution in [2.75, 3.05) is 0 Å². The van der Waals surface area contributed by atoms with Crippen LogP contribution in [0.5, 0.6) is 5.75 Å². The predicted octanol–water partition coefficient (Wildman–Crippen LogP) is -1.36. The molecular weight excluding hydrogens is 730 g/mol. The second kappa shape index (κ2) is 12.4. The van der Waals surface area contributed by atoms with Gasteiger partial charge in [0.1, 0.15) is 37.1 Å². The monoisotopic (exact) mass is 766 g/mol. The first kappa shape index (κ1) is 30.9. The van der Waals surface area contributed by atoms with Gasteiger partial charge in [-0.2, -0.15) is 0 Å². The predicted molar refractivity (Wildman–Crippen MR) is 140 cm³/mol. The summed E-state index contributed by atoms with van der Waals surface area (Å²) in [4.78, 5) is 25.6. The summed E-state index contributed by atoms with van der Waals surface area (Å²) in [5, 5.41) is 0. The Morgan fingerprint density at radius 1 is 0.875 bits per heavy atom. The molecule has 2 heterocycles. The summed E-state index contributed by atoms with van der Waals surface area (Å²) in [5.74, 6) is 1.72. The SMILES string of the molecule is C[n+]1cccc(C(=O)Oc2ccc3c(c2)CCC2C3CC[C@@]3(C)C2CC[C@@H]3OC(=O)c2ccc[n+](C)c2)c1.[I-].[I-]. The number of hydrogen-bond acceptors (Lipinski definition) is 4. The Hall–Kier alpha value is -2.08. The molecule has 0 N–H and O–H groups in total. The lowest BCUT2D eigenvalue weighted by molar-refractivity contribution is -0.671. The second-order valence-electron chi connectivity index (χ2n) is 11.7. The van der Waals surface area contributed by atoms with Gasteiger partial charge in [0, 0.05) is 17.5 Å². The van der Waals surface area contributed by atoms with E-state index in [1.807, 2.05) is 66.1 Å². The lowest BCUT2D eigenvalue weighted by atomic mass is 9.55. The van der Waals surface area contributed by atoms with E-state index in [1.165, 1.54) is 11.1 Å². The Kier molecular flexibility index (Phi) is 9.59. The number of carbonyl (C=O) groups excluding carboxylic acids is 2. The van der Waals surface area contributed by atoms with Gasteiger partial charge in [-0.3, -0.25) is 0 Å². The molecule has 3 unspecified atom stereocenters. The van der Waals surface area contributed by atoms with Gasteiger partial charge in [-0.15, -0.1) is 0 Å². The Labute approximate surface area is 270 Å². The smallest absolute Gasteiger partial charge is 0.349 e. The second-order valence-corrected chi connectivity index (χ2v) is 11.7. The summed E-state index contributed by atoms with van der Waals surface area (Å²) >= 11 is 0. The highest BCUT2D eigenvalue weighted by Gasteiger charge is 2.56. The van der Waals surface area contributed by atoms with Crippen LogP contribution in [0, 0.1) is 17.3 Å². The van der Waals surface area contributed by atoms with Gasteiger partial charge in [0.2, 0.25) is 0 Å². The average Bonchev–Trinajstić information content (AvgIpc) is 3.24. The number of benzene rings is 1. The topological polar surface area (TPSA) is 60.4 Å². The molecule has 1 aromatic carbocycles. The van der Waals surface area contributed by atoms with E-state index in [9.17, 15) is 9.59 Å². The minimum atomic E-state index is -0.334. The number of carbonyl (C=O) groups is 2. The number of fused-ring (bicyclic) bond motifs is 5. The summed E-state index contributed by atoms with van der Waals surface area (Å²) in [5.41, 5.74) is 3.88. The minimum absolute atomic E-state index is 0. The molecule has 8 heteroatoms. The molecule has 40 heavy (non-hydrogen) atoms. The molecule has 0 saturated heterocycles. The summed E-state index contributed by atoms with van der Waals surface area (Å²) in [7, 11) is 3.81. The molecule has 5 atom stereocenters. The molecule has 0 aliphatic heterocycles. The van der Waals surface area contributed by atoms with Gasteiger partial charge < -0.3 is 57.4 Å². The number of hydrogen-bond donors (Lipinski definition) is 0. The van der Waals surface area contributed by atoms with E-state index in [1.54, 1.807) is 12.3 Å². The number of rotatable bonds is 4. The Bertz CT molecular complexity index is 1410. The molecule has 2 saturated carbocycles. The zero-order chi connectivity index (χ0) is 26.4. The quantitative estimate of drug-likeness (QED) is 0.143. The van der Waals surface area contributed by atoms with Crippen LogP contribution in [0.1, 0.15) is 76.8 Å². The van der Waals surface area contributed by atoms with Gasteiger partial charge in [-0.25, -0.2) is 18.7 Å².